The summed E-state index contributed by atoms with van der Waals surface area (Å²) in [4.78, 5) is 12.9. The molecular formula is C24H25N7O3. The molecule has 1 aliphatic carbocycles. The average Bonchev–Trinajstić information content (AvgIpc) is 3.59. The maximum absolute atomic E-state index is 12.9. The van der Waals surface area contributed by atoms with Gasteiger partial charge in [-0.15, -0.1) is 15.3 Å². The van der Waals surface area contributed by atoms with E-state index in [4.69, 9.17) is 14.6 Å². The van der Waals surface area contributed by atoms with E-state index in [-0.39, 0.29) is 17.9 Å². The molecule has 4 heterocycles. The van der Waals surface area contributed by atoms with E-state index in [1.165, 1.54) is 19.2 Å². The van der Waals surface area contributed by atoms with Crippen LogP contribution in [0.15, 0.2) is 36.7 Å². The lowest BCUT2D eigenvalue weighted by molar-refractivity contribution is -0.116. The second-order valence-electron chi connectivity index (χ2n) is 8.79. The predicted molar refractivity (Wildman–Crippen MR) is 124 cm³/mol. The minimum Gasteiger partial charge on any atom is -0.493 e. The second-order valence-corrected chi connectivity index (χ2v) is 8.79. The highest BCUT2D eigenvalue weighted by atomic mass is 16.5. The number of methoxy groups -OCH3 is 1. The molecule has 10 heteroatoms. The molecule has 34 heavy (non-hydrogen) atoms. The van der Waals surface area contributed by atoms with Gasteiger partial charge < -0.3 is 14.8 Å². The summed E-state index contributed by atoms with van der Waals surface area (Å²) in [5.74, 6) is 2.28. The van der Waals surface area contributed by atoms with Gasteiger partial charge in [0.1, 0.15) is 12.1 Å². The number of carbonyl (C=O) groups excluding carboxylic acids is 1. The minimum atomic E-state index is -0.220. The maximum Gasteiger partial charge on any atom is 0.226 e. The fourth-order valence-electron chi connectivity index (χ4n) is 5.08. The molecule has 6 rings (SSSR count). The van der Waals surface area contributed by atoms with Crippen LogP contribution in [-0.4, -0.2) is 48.7 Å². The van der Waals surface area contributed by atoms with E-state index in [1.54, 1.807) is 16.3 Å². The highest BCUT2D eigenvalue weighted by molar-refractivity contribution is 5.95. The smallest absolute Gasteiger partial charge is 0.226 e. The topological polar surface area (TPSA) is 108 Å². The van der Waals surface area contributed by atoms with E-state index in [1.807, 2.05) is 37.3 Å². The number of para-hydroxylation sites is 1. The Bertz CT molecular complexity index is 1390. The molecule has 174 valence electrons. The second kappa shape index (κ2) is 8.12. The lowest BCUT2D eigenvalue weighted by Crippen LogP contribution is -2.26. The predicted octanol–water partition coefficient (Wildman–Crippen LogP) is 3.42. The van der Waals surface area contributed by atoms with Gasteiger partial charge in [0, 0.05) is 23.5 Å². The molecule has 0 bridgehead atoms. The normalized spacial score (nSPS) is 18.2. The molecule has 2 aliphatic rings. The highest BCUT2D eigenvalue weighted by Gasteiger charge is 2.36. The van der Waals surface area contributed by atoms with Crippen LogP contribution in [0, 0.1) is 6.92 Å². The van der Waals surface area contributed by atoms with E-state index < -0.39 is 0 Å². The summed E-state index contributed by atoms with van der Waals surface area (Å²) in [5, 5.41) is 20.2. The summed E-state index contributed by atoms with van der Waals surface area (Å²) < 4.78 is 15.4. The molecule has 1 saturated carbocycles. The first-order valence-electron chi connectivity index (χ1n) is 11.5. The number of anilines is 1. The van der Waals surface area contributed by atoms with Crippen LogP contribution >= 0.6 is 0 Å². The molecule has 1 N–H and O–H groups in total. The summed E-state index contributed by atoms with van der Waals surface area (Å²) >= 11 is 0. The van der Waals surface area contributed by atoms with Crippen LogP contribution in [0.25, 0.3) is 11.5 Å². The Hall–Kier alpha value is -3.95. The zero-order chi connectivity index (χ0) is 23.2. The number of aryl methyl sites for hydroxylation is 1. The van der Waals surface area contributed by atoms with Crippen molar-refractivity contribution in [3.8, 4) is 17.3 Å². The number of fused-ring (bicyclic) bond motifs is 2. The zero-order valence-electron chi connectivity index (χ0n) is 19.1. The van der Waals surface area contributed by atoms with Gasteiger partial charge in [0.15, 0.2) is 23.0 Å². The number of ether oxygens (including phenoxy) is 2. The van der Waals surface area contributed by atoms with Crippen molar-refractivity contribution in [3.63, 3.8) is 0 Å². The first-order valence-corrected chi connectivity index (χ1v) is 11.5. The Balaban J connectivity index is 1.48. The molecular weight excluding hydrogens is 434 g/mol. The van der Waals surface area contributed by atoms with E-state index in [2.05, 4.69) is 20.6 Å². The maximum atomic E-state index is 12.9. The van der Waals surface area contributed by atoms with Crippen LogP contribution in [0.2, 0.25) is 0 Å². The molecule has 10 nitrogen and oxygen atoms in total. The van der Waals surface area contributed by atoms with Crippen LogP contribution in [-0.2, 0) is 4.79 Å². The van der Waals surface area contributed by atoms with E-state index >= 15 is 0 Å². The van der Waals surface area contributed by atoms with Gasteiger partial charge in [-0.2, -0.15) is 14.3 Å². The number of aromatic nitrogens is 6. The minimum absolute atomic E-state index is 0.0846. The fraction of sp³-hybridized carbons (Fsp3) is 0.375. The van der Waals surface area contributed by atoms with Gasteiger partial charge in [-0.3, -0.25) is 4.79 Å². The molecule has 4 aromatic rings. The van der Waals surface area contributed by atoms with Gasteiger partial charge in [0.2, 0.25) is 5.91 Å². The van der Waals surface area contributed by atoms with Crippen LogP contribution in [0.5, 0.6) is 11.5 Å². The van der Waals surface area contributed by atoms with Crippen LogP contribution < -0.4 is 14.8 Å². The molecule has 1 fully saturated rings. The van der Waals surface area contributed by atoms with Gasteiger partial charge in [0.25, 0.3) is 0 Å². The lowest BCUT2D eigenvalue weighted by atomic mass is 9.85. The number of nitrogens with one attached hydrogen (secondary N) is 1. The van der Waals surface area contributed by atoms with E-state index in [0.717, 1.165) is 35.4 Å². The zero-order valence-corrected chi connectivity index (χ0v) is 19.1. The summed E-state index contributed by atoms with van der Waals surface area (Å²) in [7, 11) is 1.65. The van der Waals surface area contributed by atoms with Crippen molar-refractivity contribution in [3.05, 3.63) is 53.5 Å². The summed E-state index contributed by atoms with van der Waals surface area (Å²) in [5.41, 5.74) is 3.34. The monoisotopic (exact) mass is 459 g/mol. The van der Waals surface area contributed by atoms with E-state index in [0.29, 0.717) is 29.5 Å². The van der Waals surface area contributed by atoms with Gasteiger partial charge in [-0.1, -0.05) is 12.1 Å². The van der Waals surface area contributed by atoms with E-state index in [9.17, 15) is 4.79 Å². The molecule has 1 aliphatic heterocycles. The number of amides is 1. The van der Waals surface area contributed by atoms with Crippen LogP contribution in [0.4, 0.5) is 5.82 Å². The Labute approximate surface area is 195 Å². The molecule has 1 atom stereocenters. The lowest BCUT2D eigenvalue weighted by Gasteiger charge is -2.27. The Kier molecular flexibility index (Phi) is 4.93. The molecule has 0 unspecified atom stereocenters. The molecule has 3 aromatic heterocycles. The Morgan fingerprint density at radius 3 is 2.79 bits per heavy atom. The van der Waals surface area contributed by atoms with Gasteiger partial charge >= 0.3 is 0 Å². The number of hydrogen-bond acceptors (Lipinski definition) is 7. The number of rotatable bonds is 5. The van der Waals surface area contributed by atoms with Crippen LogP contribution in [0.3, 0.4) is 0 Å². The number of nitrogens with zero attached hydrogens (tertiary/aromatic N) is 6. The van der Waals surface area contributed by atoms with Crippen molar-refractivity contribution >= 4 is 17.4 Å². The first kappa shape index (κ1) is 20.6. The third kappa shape index (κ3) is 3.37. The van der Waals surface area contributed by atoms with Gasteiger partial charge in [0.05, 0.1) is 18.9 Å². The van der Waals surface area contributed by atoms with Crippen molar-refractivity contribution < 1.29 is 14.3 Å². The van der Waals surface area contributed by atoms with Crippen molar-refractivity contribution in [2.75, 3.05) is 12.4 Å². The number of benzene rings is 1. The van der Waals surface area contributed by atoms with Gasteiger partial charge in [-0.05, 0) is 50.8 Å². The molecule has 0 spiro atoms. The van der Waals surface area contributed by atoms with Crippen molar-refractivity contribution in [2.24, 2.45) is 0 Å². The highest BCUT2D eigenvalue weighted by Crippen LogP contribution is 2.46. The summed E-state index contributed by atoms with van der Waals surface area (Å²) in [6.07, 6.45) is 6.39. The van der Waals surface area contributed by atoms with Crippen molar-refractivity contribution in [2.45, 2.75) is 51.0 Å². The summed E-state index contributed by atoms with van der Waals surface area (Å²) in [6, 6.07) is 9.51. The molecule has 0 saturated heterocycles. The van der Waals surface area contributed by atoms with Crippen molar-refractivity contribution in [1.29, 1.82) is 0 Å². The summed E-state index contributed by atoms with van der Waals surface area (Å²) in [6.45, 7) is 1.95. The molecule has 1 aromatic carbocycles. The first-order chi connectivity index (χ1) is 16.6. The van der Waals surface area contributed by atoms with Crippen LogP contribution in [0.1, 0.15) is 54.8 Å². The third-order valence-electron chi connectivity index (χ3n) is 6.66. The standard InChI is InChI=1S/C24H25N7O3/c1-14-22-17(16-8-5-9-18(33-2)23(16)34-15-6-3-4-7-15)12-21(32)26-24(22)31(28-14)20-11-10-19-27-25-13-30(19)29-20/h5,8-11,13,15,17H,3-4,6-7,12H2,1-2H3,(H,26,32)/t17-/m1/s1. The fourth-order valence-corrected chi connectivity index (χ4v) is 5.08. The Morgan fingerprint density at radius 2 is 1.97 bits per heavy atom. The third-order valence-corrected chi connectivity index (χ3v) is 6.66. The molecule has 1 amide bonds. The number of carbonyl (C=O) groups is 1. The van der Waals surface area contributed by atoms with Crippen molar-refractivity contribution in [1.82, 2.24) is 29.6 Å². The quantitative estimate of drug-likeness (QED) is 0.487. The Morgan fingerprint density at radius 1 is 1.12 bits per heavy atom. The van der Waals surface area contributed by atoms with Gasteiger partial charge in [-0.25, -0.2) is 0 Å². The number of hydrogen-bond donors (Lipinski definition) is 1. The average molecular weight is 460 g/mol. The largest absolute Gasteiger partial charge is 0.493 e. The SMILES string of the molecule is COc1cccc([C@H]2CC(=O)Nc3c2c(C)nn3-c2ccc3nncn3n2)c1OC1CCCC1. The molecule has 0 radical (unpaired) electrons.